The first-order valence-corrected chi connectivity index (χ1v) is 8.73. The van der Waals surface area contributed by atoms with Crippen molar-refractivity contribution in [3.05, 3.63) is 65.7 Å². The largest absolute Gasteiger partial charge is 0.362 e. The van der Waals surface area contributed by atoms with E-state index in [0.29, 0.717) is 5.52 Å². The number of fused-ring (bicyclic) bond motifs is 1. The van der Waals surface area contributed by atoms with Gasteiger partial charge in [0.1, 0.15) is 17.7 Å². The molecule has 3 aromatic rings. The highest BCUT2D eigenvalue weighted by Gasteiger charge is 2.25. The maximum atomic E-state index is 13.5. The van der Waals surface area contributed by atoms with Gasteiger partial charge in [-0.05, 0) is 43.7 Å². The van der Waals surface area contributed by atoms with Gasteiger partial charge in [0.2, 0.25) is 0 Å². The smallest absolute Gasteiger partial charge is 0.141 e. The topological polar surface area (TPSA) is 41.1 Å². The van der Waals surface area contributed by atoms with Crippen molar-refractivity contribution in [3.63, 3.8) is 0 Å². The van der Waals surface area contributed by atoms with Gasteiger partial charge < -0.3 is 14.6 Å². The molecule has 1 aliphatic rings. The summed E-state index contributed by atoms with van der Waals surface area (Å²) in [6, 6.07) is 14.7. The van der Waals surface area contributed by atoms with Crippen LogP contribution in [0, 0.1) is 5.82 Å². The number of nitrogens with zero attached hydrogens (tertiary/aromatic N) is 2. The maximum absolute atomic E-state index is 13.5. The molecule has 25 heavy (non-hydrogen) atoms. The van der Waals surface area contributed by atoms with Crippen LogP contribution >= 0.6 is 0 Å². The van der Waals surface area contributed by atoms with E-state index < -0.39 is 0 Å². The third-order valence-electron chi connectivity index (χ3n) is 4.81. The number of likely N-dealkylation sites (tertiary alicyclic amines) is 1. The molecule has 0 unspecified atom stereocenters. The molecule has 1 aliphatic heterocycles. The summed E-state index contributed by atoms with van der Waals surface area (Å²) in [5.41, 5.74) is 2.51. The molecule has 4 nitrogen and oxygen atoms in total. The van der Waals surface area contributed by atoms with E-state index in [1.165, 1.54) is 12.1 Å². The Labute approximate surface area is 146 Å². The van der Waals surface area contributed by atoms with E-state index >= 15 is 0 Å². The summed E-state index contributed by atoms with van der Waals surface area (Å²) < 4.78 is 20.0. The van der Waals surface area contributed by atoms with Crippen LogP contribution in [-0.2, 0) is 4.74 Å². The quantitative estimate of drug-likeness (QED) is 0.784. The molecule has 2 heterocycles. The zero-order chi connectivity index (χ0) is 17.2. The minimum Gasteiger partial charge on any atom is -0.362 e. The molecule has 0 amide bonds. The van der Waals surface area contributed by atoms with Gasteiger partial charge in [-0.25, -0.2) is 9.37 Å². The van der Waals surface area contributed by atoms with Crippen LogP contribution in [0.2, 0.25) is 0 Å². The first kappa shape index (κ1) is 16.2. The van der Waals surface area contributed by atoms with Crippen molar-refractivity contribution < 1.29 is 9.13 Å². The molecule has 1 saturated heterocycles. The molecule has 0 saturated carbocycles. The highest BCUT2D eigenvalue weighted by atomic mass is 19.1. The minimum atomic E-state index is -0.273. The second kappa shape index (κ2) is 6.94. The van der Waals surface area contributed by atoms with Crippen LogP contribution in [0.1, 0.15) is 30.3 Å². The summed E-state index contributed by atoms with van der Waals surface area (Å²) in [6.45, 7) is 2.08. The SMILES string of the molecule is CN1CCC(O[C@@H](c2ccccc2)c2nc3ccc(F)cc3[nH]2)CC1. The molecule has 4 rings (SSSR count). The second-order valence-corrected chi connectivity index (χ2v) is 6.71. The zero-order valence-electron chi connectivity index (χ0n) is 14.3. The van der Waals surface area contributed by atoms with Gasteiger partial charge in [-0.3, -0.25) is 0 Å². The van der Waals surface area contributed by atoms with Gasteiger partial charge in [0.15, 0.2) is 0 Å². The van der Waals surface area contributed by atoms with E-state index in [4.69, 9.17) is 4.74 Å². The fourth-order valence-electron chi connectivity index (χ4n) is 3.37. The van der Waals surface area contributed by atoms with E-state index in [1.807, 2.05) is 30.3 Å². The lowest BCUT2D eigenvalue weighted by molar-refractivity contribution is -0.0264. The van der Waals surface area contributed by atoms with Crippen LogP contribution in [0.3, 0.4) is 0 Å². The van der Waals surface area contributed by atoms with E-state index in [-0.39, 0.29) is 18.0 Å². The number of aromatic amines is 1. The van der Waals surface area contributed by atoms with Gasteiger partial charge in [0.05, 0.1) is 17.1 Å². The molecule has 2 aromatic carbocycles. The number of ether oxygens (including phenoxy) is 1. The number of benzene rings is 2. The van der Waals surface area contributed by atoms with Gasteiger partial charge in [-0.2, -0.15) is 0 Å². The van der Waals surface area contributed by atoms with Crippen LogP contribution in [0.4, 0.5) is 4.39 Å². The fourth-order valence-corrected chi connectivity index (χ4v) is 3.37. The minimum absolute atomic E-state index is 0.200. The number of rotatable bonds is 4. The van der Waals surface area contributed by atoms with Crippen molar-refractivity contribution in [3.8, 4) is 0 Å². The lowest BCUT2D eigenvalue weighted by Gasteiger charge is -2.31. The Balaban J connectivity index is 1.66. The fraction of sp³-hybridized carbons (Fsp3) is 0.350. The van der Waals surface area contributed by atoms with Crippen molar-refractivity contribution >= 4 is 11.0 Å². The first-order chi connectivity index (χ1) is 12.2. The Morgan fingerprint density at radius 2 is 1.92 bits per heavy atom. The Kier molecular flexibility index (Phi) is 4.51. The number of imidazole rings is 1. The molecular formula is C20H22FN3O. The number of nitrogens with one attached hydrogen (secondary N) is 1. The van der Waals surface area contributed by atoms with Crippen LogP contribution < -0.4 is 0 Å². The molecule has 1 fully saturated rings. The van der Waals surface area contributed by atoms with Crippen molar-refractivity contribution in [2.45, 2.75) is 25.0 Å². The number of hydrogen-bond donors (Lipinski definition) is 1. The molecular weight excluding hydrogens is 317 g/mol. The van der Waals surface area contributed by atoms with Crippen molar-refractivity contribution in [1.82, 2.24) is 14.9 Å². The van der Waals surface area contributed by atoms with Crippen molar-refractivity contribution in [1.29, 1.82) is 0 Å². The van der Waals surface area contributed by atoms with Gasteiger partial charge in [0.25, 0.3) is 0 Å². The number of piperidine rings is 1. The summed E-state index contributed by atoms with van der Waals surface area (Å²) in [5.74, 6) is 0.459. The third kappa shape index (κ3) is 3.57. The lowest BCUT2D eigenvalue weighted by atomic mass is 10.1. The number of hydrogen-bond acceptors (Lipinski definition) is 3. The second-order valence-electron chi connectivity index (χ2n) is 6.71. The molecule has 0 aliphatic carbocycles. The summed E-state index contributed by atoms with van der Waals surface area (Å²) in [4.78, 5) is 10.2. The van der Waals surface area contributed by atoms with Crippen LogP contribution in [0.15, 0.2) is 48.5 Å². The molecule has 0 spiro atoms. The lowest BCUT2D eigenvalue weighted by Crippen LogP contribution is -2.35. The van der Waals surface area contributed by atoms with E-state index in [9.17, 15) is 4.39 Å². The molecule has 0 radical (unpaired) electrons. The van der Waals surface area contributed by atoms with Gasteiger partial charge in [0, 0.05) is 13.1 Å². The van der Waals surface area contributed by atoms with Gasteiger partial charge in [-0.15, -0.1) is 0 Å². The zero-order valence-corrected chi connectivity index (χ0v) is 14.3. The molecule has 1 atom stereocenters. The predicted octanol–water partition coefficient (Wildman–Crippen LogP) is 3.90. The molecule has 130 valence electrons. The van der Waals surface area contributed by atoms with E-state index in [2.05, 4.69) is 21.9 Å². The van der Waals surface area contributed by atoms with Gasteiger partial charge >= 0.3 is 0 Å². The number of H-pyrrole nitrogens is 1. The van der Waals surface area contributed by atoms with Crippen LogP contribution in [0.5, 0.6) is 0 Å². The monoisotopic (exact) mass is 339 g/mol. The third-order valence-corrected chi connectivity index (χ3v) is 4.81. The Hall–Kier alpha value is -2.24. The summed E-state index contributed by atoms with van der Waals surface area (Å²) in [7, 11) is 2.14. The van der Waals surface area contributed by atoms with Crippen LogP contribution in [-0.4, -0.2) is 41.1 Å². The maximum Gasteiger partial charge on any atom is 0.141 e. The number of aromatic nitrogens is 2. The van der Waals surface area contributed by atoms with Crippen molar-refractivity contribution in [2.75, 3.05) is 20.1 Å². The number of halogens is 1. The standard InChI is InChI=1S/C20H22FN3O/c1-24-11-9-16(10-12-24)25-19(14-5-3-2-4-6-14)20-22-17-8-7-15(21)13-18(17)23-20/h2-8,13,16,19H,9-12H2,1H3,(H,22,23)/t19-/m0/s1. The summed E-state index contributed by atoms with van der Waals surface area (Å²) >= 11 is 0. The average Bonchev–Trinajstić information content (AvgIpc) is 3.04. The predicted molar refractivity (Wildman–Crippen MR) is 95.9 cm³/mol. The van der Waals surface area contributed by atoms with Gasteiger partial charge in [-0.1, -0.05) is 30.3 Å². The van der Waals surface area contributed by atoms with Crippen LogP contribution in [0.25, 0.3) is 11.0 Å². The Morgan fingerprint density at radius 1 is 1.16 bits per heavy atom. The van der Waals surface area contributed by atoms with E-state index in [1.54, 1.807) is 6.07 Å². The van der Waals surface area contributed by atoms with E-state index in [0.717, 1.165) is 42.8 Å². The Bertz CT molecular complexity index is 841. The highest BCUT2D eigenvalue weighted by Crippen LogP contribution is 2.29. The molecule has 1 N–H and O–H groups in total. The highest BCUT2D eigenvalue weighted by molar-refractivity contribution is 5.75. The first-order valence-electron chi connectivity index (χ1n) is 8.73. The summed E-state index contributed by atoms with van der Waals surface area (Å²) in [6.07, 6.45) is 1.94. The normalized spacial score (nSPS) is 17.8. The average molecular weight is 339 g/mol. The Morgan fingerprint density at radius 3 is 2.68 bits per heavy atom. The molecule has 5 heteroatoms. The molecule has 0 bridgehead atoms. The summed E-state index contributed by atoms with van der Waals surface area (Å²) in [5, 5.41) is 0. The van der Waals surface area contributed by atoms with Crippen molar-refractivity contribution in [2.24, 2.45) is 0 Å². The molecule has 1 aromatic heterocycles.